The van der Waals surface area contributed by atoms with E-state index in [2.05, 4.69) is 25.6 Å². The SMILES string of the molecule is COc1cc(Br)c(S(=O)(=O)Nc2ccc(Cl)nc2)cc1C(=O)O. The van der Waals surface area contributed by atoms with Crippen molar-refractivity contribution in [2.45, 2.75) is 4.90 Å². The van der Waals surface area contributed by atoms with Crippen LogP contribution in [0.2, 0.25) is 5.15 Å². The average molecular weight is 422 g/mol. The first-order valence-electron chi connectivity index (χ1n) is 6.00. The van der Waals surface area contributed by atoms with Crippen molar-refractivity contribution in [3.05, 3.63) is 45.7 Å². The Morgan fingerprint density at radius 2 is 2.09 bits per heavy atom. The fraction of sp³-hybridized carbons (Fsp3) is 0.0769. The number of aromatic nitrogens is 1. The summed E-state index contributed by atoms with van der Waals surface area (Å²) >= 11 is 8.74. The van der Waals surface area contributed by atoms with Gasteiger partial charge in [-0.3, -0.25) is 4.72 Å². The number of sulfonamides is 1. The zero-order chi connectivity index (χ0) is 17.2. The van der Waals surface area contributed by atoms with Crippen LogP contribution in [0.15, 0.2) is 39.8 Å². The van der Waals surface area contributed by atoms with Crippen molar-refractivity contribution in [1.82, 2.24) is 4.98 Å². The molecule has 7 nitrogen and oxygen atoms in total. The predicted octanol–water partition coefficient (Wildman–Crippen LogP) is 3.01. The van der Waals surface area contributed by atoms with Crippen LogP contribution >= 0.6 is 27.5 Å². The van der Waals surface area contributed by atoms with Gasteiger partial charge in [0.05, 0.1) is 19.0 Å². The summed E-state index contributed by atoms with van der Waals surface area (Å²) in [6.45, 7) is 0. The van der Waals surface area contributed by atoms with Crippen molar-refractivity contribution in [2.24, 2.45) is 0 Å². The summed E-state index contributed by atoms with van der Waals surface area (Å²) in [5.74, 6) is -1.27. The van der Waals surface area contributed by atoms with E-state index in [1.807, 2.05) is 0 Å². The van der Waals surface area contributed by atoms with Gasteiger partial charge in [0.25, 0.3) is 10.0 Å². The first-order chi connectivity index (χ1) is 10.7. The molecule has 0 saturated carbocycles. The number of halogens is 2. The monoisotopic (exact) mass is 420 g/mol. The first-order valence-corrected chi connectivity index (χ1v) is 8.65. The number of ether oxygens (including phenoxy) is 1. The Morgan fingerprint density at radius 3 is 2.61 bits per heavy atom. The van der Waals surface area contributed by atoms with Gasteiger partial charge in [0, 0.05) is 4.47 Å². The molecule has 0 amide bonds. The van der Waals surface area contributed by atoms with Crippen molar-refractivity contribution in [3.63, 3.8) is 0 Å². The maximum atomic E-state index is 12.4. The molecule has 2 aromatic rings. The Kier molecular flexibility index (Phi) is 5.12. The minimum atomic E-state index is -4.04. The number of carboxylic acids is 1. The molecule has 1 aromatic heterocycles. The molecule has 23 heavy (non-hydrogen) atoms. The second-order valence-corrected chi connectivity index (χ2v) is 7.16. The Morgan fingerprint density at radius 1 is 1.39 bits per heavy atom. The maximum Gasteiger partial charge on any atom is 0.339 e. The van der Waals surface area contributed by atoms with Crippen LogP contribution in [0.5, 0.6) is 5.75 Å². The quantitative estimate of drug-likeness (QED) is 0.719. The highest BCUT2D eigenvalue weighted by atomic mass is 79.9. The molecule has 0 aliphatic heterocycles. The molecule has 0 spiro atoms. The molecule has 122 valence electrons. The summed E-state index contributed by atoms with van der Waals surface area (Å²) in [5, 5.41) is 9.38. The van der Waals surface area contributed by atoms with Crippen LogP contribution in [0.3, 0.4) is 0 Å². The van der Waals surface area contributed by atoms with Crippen LogP contribution in [0.1, 0.15) is 10.4 Å². The molecule has 2 rings (SSSR count). The number of carbonyl (C=O) groups is 1. The summed E-state index contributed by atoms with van der Waals surface area (Å²) in [5.41, 5.74) is -0.0840. The van der Waals surface area contributed by atoms with E-state index in [4.69, 9.17) is 21.4 Å². The van der Waals surface area contributed by atoms with Crippen molar-refractivity contribution in [1.29, 1.82) is 0 Å². The van der Waals surface area contributed by atoms with Crippen LogP contribution in [0.4, 0.5) is 5.69 Å². The number of anilines is 1. The molecule has 0 fully saturated rings. The van der Waals surface area contributed by atoms with Crippen molar-refractivity contribution in [3.8, 4) is 5.75 Å². The minimum absolute atomic E-state index is 0.0384. The topological polar surface area (TPSA) is 106 Å². The Balaban J connectivity index is 2.48. The first kappa shape index (κ1) is 17.5. The lowest BCUT2D eigenvalue weighted by Crippen LogP contribution is -2.15. The second kappa shape index (κ2) is 6.73. The minimum Gasteiger partial charge on any atom is -0.496 e. The molecule has 10 heteroatoms. The van der Waals surface area contributed by atoms with E-state index in [0.717, 1.165) is 6.07 Å². The fourth-order valence-electron chi connectivity index (χ4n) is 1.72. The number of pyridine rings is 1. The van der Waals surface area contributed by atoms with E-state index in [1.165, 1.54) is 31.5 Å². The van der Waals surface area contributed by atoms with Crippen LogP contribution in [-0.2, 0) is 10.0 Å². The summed E-state index contributed by atoms with van der Waals surface area (Å²) in [7, 11) is -2.75. The highest BCUT2D eigenvalue weighted by molar-refractivity contribution is 9.10. The van der Waals surface area contributed by atoms with Gasteiger partial charge in [-0.05, 0) is 40.2 Å². The fourth-order valence-corrected chi connectivity index (χ4v) is 3.93. The molecular formula is C13H10BrClN2O5S. The average Bonchev–Trinajstić information content (AvgIpc) is 2.48. The van der Waals surface area contributed by atoms with Crippen molar-refractivity contribution >= 4 is 49.2 Å². The molecule has 0 aliphatic carbocycles. The lowest BCUT2D eigenvalue weighted by Gasteiger charge is -2.12. The molecule has 0 atom stereocenters. The smallest absolute Gasteiger partial charge is 0.339 e. The number of rotatable bonds is 5. The predicted molar refractivity (Wildman–Crippen MR) is 87.7 cm³/mol. The third kappa shape index (κ3) is 3.92. The Bertz CT molecular complexity index is 855. The van der Waals surface area contributed by atoms with Crippen molar-refractivity contribution < 1.29 is 23.1 Å². The van der Waals surface area contributed by atoms with E-state index >= 15 is 0 Å². The summed E-state index contributed by atoms with van der Waals surface area (Å²) in [6, 6.07) is 5.14. The van der Waals surface area contributed by atoms with E-state index in [1.54, 1.807) is 0 Å². The Labute approximate surface area is 145 Å². The highest BCUT2D eigenvalue weighted by Crippen LogP contribution is 2.31. The summed E-state index contributed by atoms with van der Waals surface area (Å²) in [6.07, 6.45) is 1.25. The van der Waals surface area contributed by atoms with E-state index in [-0.39, 0.29) is 31.5 Å². The highest BCUT2D eigenvalue weighted by Gasteiger charge is 2.23. The van der Waals surface area contributed by atoms with Gasteiger partial charge in [-0.25, -0.2) is 18.2 Å². The van der Waals surface area contributed by atoms with Gasteiger partial charge in [-0.1, -0.05) is 11.6 Å². The molecule has 1 aromatic carbocycles. The normalized spacial score (nSPS) is 11.1. The second-order valence-electron chi connectivity index (χ2n) is 4.26. The van der Waals surface area contributed by atoms with E-state index in [0.29, 0.717) is 0 Å². The van der Waals surface area contributed by atoms with Gasteiger partial charge in [0.2, 0.25) is 0 Å². The summed E-state index contributed by atoms with van der Waals surface area (Å²) < 4.78 is 32.3. The number of methoxy groups -OCH3 is 1. The van der Waals surface area contributed by atoms with Crippen LogP contribution in [0.25, 0.3) is 0 Å². The van der Waals surface area contributed by atoms with Crippen LogP contribution < -0.4 is 9.46 Å². The number of aromatic carboxylic acids is 1. The maximum absolute atomic E-state index is 12.4. The number of hydrogen-bond donors (Lipinski definition) is 2. The van der Waals surface area contributed by atoms with Gasteiger partial charge in [0.1, 0.15) is 21.4 Å². The van der Waals surface area contributed by atoms with E-state index < -0.39 is 16.0 Å². The largest absolute Gasteiger partial charge is 0.496 e. The molecule has 0 radical (unpaired) electrons. The van der Waals surface area contributed by atoms with Gasteiger partial charge in [0.15, 0.2) is 0 Å². The zero-order valence-corrected chi connectivity index (χ0v) is 14.7. The van der Waals surface area contributed by atoms with Gasteiger partial charge >= 0.3 is 5.97 Å². The van der Waals surface area contributed by atoms with Crippen LogP contribution in [-0.4, -0.2) is 31.6 Å². The molecular weight excluding hydrogens is 412 g/mol. The number of hydrogen-bond acceptors (Lipinski definition) is 5. The van der Waals surface area contributed by atoms with Crippen molar-refractivity contribution in [2.75, 3.05) is 11.8 Å². The third-order valence-corrected chi connectivity index (χ3v) is 5.32. The molecule has 0 bridgehead atoms. The molecule has 0 unspecified atom stereocenters. The number of nitrogens with one attached hydrogen (secondary N) is 1. The lowest BCUT2D eigenvalue weighted by atomic mass is 10.2. The standard InChI is InChI=1S/C13H10BrClN2O5S/c1-22-10-5-9(14)11(4-8(10)13(18)19)23(20,21)17-7-2-3-12(15)16-6-7/h2-6,17H,1H3,(H,18,19). The third-order valence-electron chi connectivity index (χ3n) is 2.75. The lowest BCUT2D eigenvalue weighted by molar-refractivity contribution is 0.0693. The van der Waals surface area contributed by atoms with E-state index in [9.17, 15) is 13.2 Å². The van der Waals surface area contributed by atoms with Crippen LogP contribution in [0, 0.1) is 0 Å². The zero-order valence-electron chi connectivity index (χ0n) is 11.6. The van der Waals surface area contributed by atoms with Gasteiger partial charge in [-0.15, -0.1) is 0 Å². The van der Waals surface area contributed by atoms with Gasteiger partial charge < -0.3 is 9.84 Å². The number of carboxylic acid groups (broad SMARTS) is 1. The number of benzene rings is 1. The van der Waals surface area contributed by atoms with Gasteiger partial charge in [-0.2, -0.15) is 0 Å². The molecule has 2 N–H and O–H groups in total. The Hall–Kier alpha value is -1.84. The number of nitrogens with zero attached hydrogens (tertiary/aromatic N) is 1. The molecule has 0 saturated heterocycles. The molecule has 0 aliphatic rings. The molecule has 1 heterocycles. The summed E-state index contributed by atoms with van der Waals surface area (Å²) in [4.78, 5) is 14.8.